The molecule has 3 rings (SSSR count). The summed E-state index contributed by atoms with van der Waals surface area (Å²) in [5.41, 5.74) is 3.22. The van der Waals surface area contributed by atoms with E-state index in [1.807, 2.05) is 19.2 Å². The fraction of sp³-hybridized carbons (Fsp3) is 0.500. The van der Waals surface area contributed by atoms with Gasteiger partial charge in [0.15, 0.2) is 5.82 Å². The van der Waals surface area contributed by atoms with E-state index < -0.39 is 0 Å². The van der Waals surface area contributed by atoms with E-state index in [9.17, 15) is 0 Å². The molecule has 1 atom stereocenters. The lowest BCUT2D eigenvalue weighted by molar-refractivity contribution is 0.453. The van der Waals surface area contributed by atoms with E-state index in [1.54, 1.807) is 6.20 Å². The third-order valence-corrected chi connectivity index (χ3v) is 3.83. The summed E-state index contributed by atoms with van der Waals surface area (Å²) in [6, 6.07) is 2.26. The van der Waals surface area contributed by atoms with E-state index in [-0.39, 0.29) is 0 Å². The topological polar surface area (TPSA) is 63.6 Å². The molecule has 5 heteroatoms. The average Bonchev–Trinajstić information content (AvgIpc) is 2.52. The van der Waals surface area contributed by atoms with Crippen LogP contribution in [0, 0.1) is 6.92 Å². The molecular weight excluding hydrogens is 262 g/mol. The Morgan fingerprint density at radius 1 is 1.29 bits per heavy atom. The monoisotopic (exact) mass is 283 g/mol. The van der Waals surface area contributed by atoms with Crippen LogP contribution in [0.5, 0.6) is 0 Å². The second kappa shape index (κ2) is 6.26. The Bertz CT molecular complexity index is 626. The summed E-state index contributed by atoms with van der Waals surface area (Å²) >= 11 is 0. The molecule has 21 heavy (non-hydrogen) atoms. The van der Waals surface area contributed by atoms with Crippen molar-refractivity contribution in [3.63, 3.8) is 0 Å². The lowest BCUT2D eigenvalue weighted by atomic mass is 9.92. The van der Waals surface area contributed by atoms with Crippen LogP contribution in [0.25, 0.3) is 11.5 Å². The Kier molecular flexibility index (Phi) is 4.20. The quantitative estimate of drug-likeness (QED) is 0.934. The Morgan fingerprint density at radius 2 is 2.19 bits per heavy atom. The molecule has 0 saturated heterocycles. The van der Waals surface area contributed by atoms with Crippen molar-refractivity contribution in [2.24, 2.45) is 0 Å². The van der Waals surface area contributed by atoms with E-state index in [1.165, 1.54) is 18.4 Å². The molecule has 0 spiro atoms. The van der Waals surface area contributed by atoms with Crippen molar-refractivity contribution in [1.29, 1.82) is 0 Å². The van der Waals surface area contributed by atoms with Gasteiger partial charge in [-0.2, -0.15) is 0 Å². The van der Waals surface area contributed by atoms with E-state index in [2.05, 4.69) is 27.2 Å². The number of aryl methyl sites for hydroxylation is 2. The zero-order valence-electron chi connectivity index (χ0n) is 12.6. The first-order valence-electron chi connectivity index (χ1n) is 7.67. The van der Waals surface area contributed by atoms with Gasteiger partial charge in [0.2, 0.25) is 0 Å². The van der Waals surface area contributed by atoms with Gasteiger partial charge < -0.3 is 5.32 Å². The molecule has 0 saturated carbocycles. The fourth-order valence-corrected chi connectivity index (χ4v) is 2.78. The number of fused-ring (bicyclic) bond motifs is 1. The zero-order chi connectivity index (χ0) is 14.7. The molecule has 0 amide bonds. The Labute approximate surface area is 125 Å². The van der Waals surface area contributed by atoms with Crippen LogP contribution in [-0.4, -0.2) is 26.5 Å². The fourth-order valence-electron chi connectivity index (χ4n) is 2.78. The molecule has 1 aliphatic rings. The number of nitrogens with one attached hydrogen (secondary N) is 1. The maximum absolute atomic E-state index is 4.74. The van der Waals surface area contributed by atoms with E-state index in [0.29, 0.717) is 11.9 Å². The summed E-state index contributed by atoms with van der Waals surface area (Å²) in [6.07, 6.45) is 8.24. The number of hydrogen-bond acceptors (Lipinski definition) is 5. The molecule has 1 aliphatic carbocycles. The minimum absolute atomic E-state index is 0.398. The molecule has 1 unspecified atom stereocenters. The molecule has 0 aromatic carbocycles. The van der Waals surface area contributed by atoms with Crippen LogP contribution in [0.3, 0.4) is 0 Å². The summed E-state index contributed by atoms with van der Waals surface area (Å²) in [5.74, 6) is 1.45. The molecule has 0 radical (unpaired) electrons. The maximum atomic E-state index is 4.74. The predicted molar refractivity (Wildman–Crippen MR) is 81.8 cm³/mol. The van der Waals surface area contributed by atoms with Gasteiger partial charge in [0, 0.05) is 29.7 Å². The zero-order valence-corrected chi connectivity index (χ0v) is 12.6. The summed E-state index contributed by atoms with van der Waals surface area (Å²) in [6.45, 7) is 5.11. The first kappa shape index (κ1) is 14.1. The molecular formula is C16H21N5. The molecule has 2 aromatic rings. The molecule has 0 aliphatic heterocycles. The molecule has 0 fully saturated rings. The highest BCUT2D eigenvalue weighted by atomic mass is 15.0. The van der Waals surface area contributed by atoms with Crippen molar-refractivity contribution in [2.75, 3.05) is 6.54 Å². The highest BCUT2D eigenvalue weighted by Crippen LogP contribution is 2.29. The van der Waals surface area contributed by atoms with Crippen LogP contribution >= 0.6 is 0 Å². The molecule has 1 N–H and O–H groups in total. The van der Waals surface area contributed by atoms with Gasteiger partial charge in [-0.05, 0) is 45.2 Å². The van der Waals surface area contributed by atoms with E-state index in [4.69, 9.17) is 4.98 Å². The minimum Gasteiger partial charge on any atom is -0.310 e. The van der Waals surface area contributed by atoms with Crippen LogP contribution in [0.1, 0.15) is 49.3 Å². The highest BCUT2D eigenvalue weighted by molar-refractivity contribution is 5.49. The van der Waals surface area contributed by atoms with Gasteiger partial charge in [-0.1, -0.05) is 6.92 Å². The van der Waals surface area contributed by atoms with Crippen molar-refractivity contribution in [3.05, 3.63) is 35.5 Å². The first-order chi connectivity index (χ1) is 10.3. The Balaban J connectivity index is 1.90. The predicted octanol–water partition coefficient (Wildman–Crippen LogP) is 2.62. The number of hydrogen-bond donors (Lipinski definition) is 1. The molecule has 110 valence electrons. The van der Waals surface area contributed by atoms with Crippen molar-refractivity contribution in [1.82, 2.24) is 25.3 Å². The van der Waals surface area contributed by atoms with Crippen LogP contribution < -0.4 is 5.32 Å². The summed E-state index contributed by atoms with van der Waals surface area (Å²) in [4.78, 5) is 17.8. The van der Waals surface area contributed by atoms with Gasteiger partial charge in [0.05, 0.1) is 0 Å². The Hall–Kier alpha value is -1.88. The summed E-state index contributed by atoms with van der Waals surface area (Å²) in [7, 11) is 0. The van der Waals surface area contributed by atoms with Crippen molar-refractivity contribution in [3.8, 4) is 11.5 Å². The van der Waals surface area contributed by atoms with Crippen molar-refractivity contribution in [2.45, 2.75) is 45.6 Å². The van der Waals surface area contributed by atoms with Crippen molar-refractivity contribution >= 4 is 0 Å². The number of aromatic nitrogens is 4. The van der Waals surface area contributed by atoms with Crippen LogP contribution in [0.2, 0.25) is 0 Å². The van der Waals surface area contributed by atoms with E-state index >= 15 is 0 Å². The number of nitrogens with zero attached hydrogens (tertiary/aromatic N) is 4. The van der Waals surface area contributed by atoms with Crippen molar-refractivity contribution < 1.29 is 0 Å². The number of rotatable bonds is 4. The van der Waals surface area contributed by atoms with E-state index in [0.717, 1.165) is 36.6 Å². The molecule has 5 nitrogen and oxygen atoms in total. The molecule has 2 heterocycles. The highest BCUT2D eigenvalue weighted by Gasteiger charge is 2.22. The standard InChI is InChI=1S/C16H21N5/c1-3-8-18-13-5-4-6-14-12(13)10-19-16(21-14)15-7-9-17-11(2)20-15/h7,9-10,13,18H,3-6,8H2,1-2H3. The summed E-state index contributed by atoms with van der Waals surface area (Å²) < 4.78 is 0. The van der Waals surface area contributed by atoms with Gasteiger partial charge >= 0.3 is 0 Å². The summed E-state index contributed by atoms with van der Waals surface area (Å²) in [5, 5.41) is 3.59. The van der Waals surface area contributed by atoms with Crippen LogP contribution in [0.4, 0.5) is 0 Å². The van der Waals surface area contributed by atoms with Gasteiger partial charge in [0.25, 0.3) is 0 Å². The second-order valence-electron chi connectivity index (χ2n) is 5.48. The largest absolute Gasteiger partial charge is 0.310 e. The molecule has 2 aromatic heterocycles. The third kappa shape index (κ3) is 3.08. The first-order valence-corrected chi connectivity index (χ1v) is 7.67. The Morgan fingerprint density at radius 3 is 3.00 bits per heavy atom. The van der Waals surface area contributed by atoms with Gasteiger partial charge in [-0.25, -0.2) is 19.9 Å². The normalized spacial score (nSPS) is 17.5. The van der Waals surface area contributed by atoms with Crippen LogP contribution in [-0.2, 0) is 6.42 Å². The van der Waals surface area contributed by atoms with Gasteiger partial charge in [-0.3, -0.25) is 0 Å². The maximum Gasteiger partial charge on any atom is 0.178 e. The second-order valence-corrected chi connectivity index (χ2v) is 5.48. The average molecular weight is 283 g/mol. The minimum atomic E-state index is 0.398. The lowest BCUT2D eigenvalue weighted by Crippen LogP contribution is -2.26. The van der Waals surface area contributed by atoms with Gasteiger partial charge in [-0.15, -0.1) is 0 Å². The molecule has 0 bridgehead atoms. The van der Waals surface area contributed by atoms with Crippen LogP contribution in [0.15, 0.2) is 18.5 Å². The smallest absolute Gasteiger partial charge is 0.178 e. The lowest BCUT2D eigenvalue weighted by Gasteiger charge is -2.25. The third-order valence-electron chi connectivity index (χ3n) is 3.83. The van der Waals surface area contributed by atoms with Gasteiger partial charge in [0.1, 0.15) is 11.5 Å². The SMILES string of the molecule is CCCNC1CCCc2nc(-c3ccnc(C)n3)ncc21.